The zero-order chi connectivity index (χ0) is 12.8. The minimum absolute atomic E-state index is 0.738. The highest BCUT2D eigenvalue weighted by molar-refractivity contribution is 4.88. The smallest absolute Gasteiger partial charge is 0.0196 e. The largest absolute Gasteiger partial charge is 0.311 e. The van der Waals surface area contributed by atoms with Gasteiger partial charge < -0.3 is 5.32 Å². The van der Waals surface area contributed by atoms with E-state index in [-0.39, 0.29) is 0 Å². The molecule has 106 valence electrons. The van der Waals surface area contributed by atoms with Crippen LogP contribution in [-0.2, 0) is 0 Å². The van der Waals surface area contributed by atoms with E-state index >= 15 is 0 Å². The molecule has 0 aromatic carbocycles. The lowest BCUT2D eigenvalue weighted by Gasteiger charge is -2.44. The van der Waals surface area contributed by atoms with Gasteiger partial charge in [-0.05, 0) is 26.2 Å². The molecule has 2 unspecified atom stereocenters. The van der Waals surface area contributed by atoms with E-state index in [1.807, 2.05) is 0 Å². The van der Waals surface area contributed by atoms with Crippen LogP contribution in [0.1, 0.15) is 71.6 Å². The monoisotopic (exact) mass is 252 g/mol. The van der Waals surface area contributed by atoms with E-state index in [9.17, 15) is 0 Å². The van der Waals surface area contributed by atoms with Gasteiger partial charge in [-0.1, -0.05) is 45.4 Å². The Morgan fingerprint density at radius 2 is 1.72 bits per heavy atom. The van der Waals surface area contributed by atoms with Gasteiger partial charge in [0.2, 0.25) is 0 Å². The van der Waals surface area contributed by atoms with Crippen LogP contribution in [0.5, 0.6) is 0 Å². The molecule has 2 rings (SSSR count). The third-order valence-corrected chi connectivity index (χ3v) is 4.88. The molecule has 1 aliphatic heterocycles. The molecule has 0 bridgehead atoms. The maximum Gasteiger partial charge on any atom is 0.0196 e. The molecule has 2 fully saturated rings. The molecular weight excluding hydrogens is 220 g/mol. The first-order valence-corrected chi connectivity index (χ1v) is 8.30. The highest BCUT2D eigenvalue weighted by Crippen LogP contribution is 2.24. The second-order valence-electron chi connectivity index (χ2n) is 6.44. The van der Waals surface area contributed by atoms with Gasteiger partial charge in [0.05, 0.1) is 0 Å². The van der Waals surface area contributed by atoms with Gasteiger partial charge in [-0.25, -0.2) is 0 Å². The first kappa shape index (κ1) is 14.3. The first-order valence-electron chi connectivity index (χ1n) is 8.30. The summed E-state index contributed by atoms with van der Waals surface area (Å²) in [4.78, 5) is 2.84. The number of hydrogen-bond acceptors (Lipinski definition) is 2. The van der Waals surface area contributed by atoms with E-state index < -0.39 is 0 Å². The van der Waals surface area contributed by atoms with Crippen molar-refractivity contribution in [3.63, 3.8) is 0 Å². The molecule has 18 heavy (non-hydrogen) atoms. The highest BCUT2D eigenvalue weighted by atomic mass is 15.2. The van der Waals surface area contributed by atoms with E-state index in [1.54, 1.807) is 0 Å². The zero-order valence-electron chi connectivity index (χ0n) is 12.5. The predicted molar refractivity (Wildman–Crippen MR) is 79.0 cm³/mol. The molecule has 0 aromatic heterocycles. The maximum absolute atomic E-state index is 3.73. The second-order valence-corrected chi connectivity index (χ2v) is 6.44. The summed E-state index contributed by atoms with van der Waals surface area (Å²) in [7, 11) is 0. The first-order chi connectivity index (χ1) is 8.81. The van der Waals surface area contributed by atoms with Crippen molar-refractivity contribution in [3.05, 3.63) is 0 Å². The van der Waals surface area contributed by atoms with E-state index in [0.717, 1.165) is 18.1 Å². The number of rotatable bonds is 3. The van der Waals surface area contributed by atoms with Crippen molar-refractivity contribution < 1.29 is 0 Å². The lowest BCUT2D eigenvalue weighted by Crippen LogP contribution is -2.58. The molecule has 0 spiro atoms. The third-order valence-electron chi connectivity index (χ3n) is 4.88. The van der Waals surface area contributed by atoms with Crippen molar-refractivity contribution in [1.29, 1.82) is 0 Å². The van der Waals surface area contributed by atoms with Crippen LogP contribution in [0.25, 0.3) is 0 Å². The Morgan fingerprint density at radius 1 is 1.06 bits per heavy atom. The Balaban J connectivity index is 1.90. The summed E-state index contributed by atoms with van der Waals surface area (Å²) in [5.41, 5.74) is 0. The maximum atomic E-state index is 3.73. The number of piperazine rings is 1. The molecule has 2 nitrogen and oxygen atoms in total. The van der Waals surface area contributed by atoms with Crippen molar-refractivity contribution in [3.8, 4) is 0 Å². The van der Waals surface area contributed by atoms with Crippen molar-refractivity contribution in [2.45, 2.75) is 89.8 Å². The topological polar surface area (TPSA) is 15.3 Å². The zero-order valence-corrected chi connectivity index (χ0v) is 12.5. The minimum Gasteiger partial charge on any atom is -0.311 e. The predicted octanol–water partition coefficient (Wildman–Crippen LogP) is 3.56. The van der Waals surface area contributed by atoms with Gasteiger partial charge in [0.15, 0.2) is 0 Å². The fourth-order valence-corrected chi connectivity index (χ4v) is 3.77. The summed E-state index contributed by atoms with van der Waals surface area (Å²) in [6, 6.07) is 2.36. The third kappa shape index (κ3) is 3.96. The summed E-state index contributed by atoms with van der Waals surface area (Å²) in [6.45, 7) is 7.20. The minimum atomic E-state index is 0.738. The van der Waals surface area contributed by atoms with Crippen LogP contribution in [0.3, 0.4) is 0 Å². The van der Waals surface area contributed by atoms with Crippen molar-refractivity contribution in [2.24, 2.45) is 0 Å². The van der Waals surface area contributed by atoms with Crippen molar-refractivity contribution in [1.82, 2.24) is 10.2 Å². The summed E-state index contributed by atoms with van der Waals surface area (Å²) >= 11 is 0. The molecule has 2 aliphatic rings. The van der Waals surface area contributed by atoms with E-state index in [2.05, 4.69) is 24.1 Å². The summed E-state index contributed by atoms with van der Waals surface area (Å²) < 4.78 is 0. The van der Waals surface area contributed by atoms with E-state index in [4.69, 9.17) is 0 Å². The Hall–Kier alpha value is -0.0800. The molecule has 1 saturated heterocycles. The van der Waals surface area contributed by atoms with Gasteiger partial charge in [-0.2, -0.15) is 0 Å². The summed E-state index contributed by atoms with van der Waals surface area (Å²) in [5, 5.41) is 3.73. The van der Waals surface area contributed by atoms with Gasteiger partial charge in [0, 0.05) is 31.2 Å². The average molecular weight is 252 g/mol. The van der Waals surface area contributed by atoms with Gasteiger partial charge >= 0.3 is 0 Å². The number of hydrogen-bond donors (Lipinski definition) is 1. The SMILES string of the molecule is CCCC1CN(C2CCCCCCC2)C(C)CN1. The standard InChI is InChI=1S/C16H32N2/c1-3-9-15-13-18(14(2)12-17-15)16-10-7-5-4-6-8-11-16/h14-17H,3-13H2,1-2H3. The second kappa shape index (κ2) is 7.49. The van der Waals surface area contributed by atoms with Crippen LogP contribution in [0.4, 0.5) is 0 Å². The number of nitrogens with one attached hydrogen (secondary N) is 1. The lowest BCUT2D eigenvalue weighted by atomic mass is 9.93. The van der Waals surface area contributed by atoms with Crippen LogP contribution in [0.15, 0.2) is 0 Å². The molecule has 2 atom stereocenters. The molecule has 2 heteroatoms. The van der Waals surface area contributed by atoms with Crippen LogP contribution in [0.2, 0.25) is 0 Å². The van der Waals surface area contributed by atoms with E-state index in [0.29, 0.717) is 0 Å². The van der Waals surface area contributed by atoms with E-state index in [1.165, 1.54) is 70.9 Å². The Labute approximate surface area is 114 Å². The molecule has 1 N–H and O–H groups in total. The summed E-state index contributed by atoms with van der Waals surface area (Å²) in [5.74, 6) is 0. The lowest BCUT2D eigenvalue weighted by molar-refractivity contribution is 0.0735. The van der Waals surface area contributed by atoms with Crippen molar-refractivity contribution >= 4 is 0 Å². The quantitative estimate of drug-likeness (QED) is 0.826. The van der Waals surface area contributed by atoms with Gasteiger partial charge in [0.25, 0.3) is 0 Å². The number of nitrogens with zero attached hydrogens (tertiary/aromatic N) is 1. The Kier molecular flexibility index (Phi) is 5.97. The molecule has 0 aromatic rings. The summed E-state index contributed by atoms with van der Waals surface area (Å²) in [6.07, 6.45) is 12.9. The Morgan fingerprint density at radius 3 is 2.39 bits per heavy atom. The van der Waals surface area contributed by atoms with Gasteiger partial charge in [-0.15, -0.1) is 0 Å². The van der Waals surface area contributed by atoms with Crippen LogP contribution in [-0.4, -0.2) is 36.1 Å². The van der Waals surface area contributed by atoms with Crippen LogP contribution < -0.4 is 5.32 Å². The molecular formula is C16H32N2. The molecule has 1 heterocycles. The molecule has 1 aliphatic carbocycles. The van der Waals surface area contributed by atoms with Crippen molar-refractivity contribution in [2.75, 3.05) is 13.1 Å². The Bertz CT molecular complexity index is 221. The van der Waals surface area contributed by atoms with Crippen LogP contribution in [0, 0.1) is 0 Å². The average Bonchev–Trinajstić information content (AvgIpc) is 2.32. The molecule has 0 radical (unpaired) electrons. The van der Waals surface area contributed by atoms with Gasteiger partial charge in [0.1, 0.15) is 0 Å². The normalized spacial score (nSPS) is 33.0. The van der Waals surface area contributed by atoms with Crippen LogP contribution >= 0.6 is 0 Å². The highest BCUT2D eigenvalue weighted by Gasteiger charge is 2.29. The fraction of sp³-hybridized carbons (Fsp3) is 1.00. The fourth-order valence-electron chi connectivity index (χ4n) is 3.77. The van der Waals surface area contributed by atoms with Gasteiger partial charge in [-0.3, -0.25) is 4.90 Å². The molecule has 1 saturated carbocycles. The molecule has 0 amide bonds.